The van der Waals surface area contributed by atoms with Crippen LogP contribution in [0.25, 0.3) is 0 Å². The van der Waals surface area contributed by atoms with Crippen molar-refractivity contribution in [1.29, 1.82) is 0 Å². The average molecular weight is 417 g/mol. The fourth-order valence-corrected chi connectivity index (χ4v) is 2.66. The Morgan fingerprint density at radius 3 is 2.75 bits per heavy atom. The molecule has 7 heteroatoms. The van der Waals surface area contributed by atoms with E-state index >= 15 is 0 Å². The molecule has 0 aliphatic heterocycles. The molecular formula is C17H25BrN2O3S. The van der Waals surface area contributed by atoms with Crippen LogP contribution in [0.5, 0.6) is 5.75 Å². The third-order valence-corrected chi connectivity index (χ3v) is 4.16. The lowest BCUT2D eigenvalue weighted by Gasteiger charge is -2.11. The van der Waals surface area contributed by atoms with Crippen molar-refractivity contribution in [2.24, 2.45) is 0 Å². The van der Waals surface area contributed by atoms with Crippen molar-refractivity contribution in [3.63, 3.8) is 0 Å². The first-order chi connectivity index (χ1) is 11.6. The molecule has 1 rings (SSSR count). The van der Waals surface area contributed by atoms with E-state index in [4.69, 9.17) is 22.1 Å². The Morgan fingerprint density at radius 2 is 2.08 bits per heavy atom. The largest absolute Gasteiger partial charge is 0.492 e. The second kappa shape index (κ2) is 12.2. The number of aliphatic hydroxyl groups is 1. The molecule has 1 amide bonds. The van der Waals surface area contributed by atoms with Crippen LogP contribution in [0.3, 0.4) is 0 Å². The molecule has 0 radical (unpaired) electrons. The van der Waals surface area contributed by atoms with Crippen molar-refractivity contribution in [3.05, 3.63) is 28.2 Å². The molecule has 0 heterocycles. The van der Waals surface area contributed by atoms with E-state index in [1.54, 1.807) is 18.2 Å². The number of aliphatic hydroxyl groups excluding tert-OH is 1. The first kappa shape index (κ1) is 20.9. The average Bonchev–Trinajstić information content (AvgIpc) is 2.56. The van der Waals surface area contributed by atoms with Crippen LogP contribution < -0.4 is 15.4 Å². The Morgan fingerprint density at radius 1 is 1.29 bits per heavy atom. The van der Waals surface area contributed by atoms with E-state index in [-0.39, 0.29) is 17.6 Å². The van der Waals surface area contributed by atoms with Crippen LogP contribution >= 0.6 is 28.1 Å². The van der Waals surface area contributed by atoms with Gasteiger partial charge in [-0.3, -0.25) is 10.1 Å². The predicted octanol–water partition coefficient (Wildman–Crippen LogP) is 3.39. The third-order valence-electron chi connectivity index (χ3n) is 3.30. The fourth-order valence-electron chi connectivity index (χ4n) is 1.97. The first-order valence-corrected chi connectivity index (χ1v) is 9.41. The summed E-state index contributed by atoms with van der Waals surface area (Å²) in [5.41, 5.74) is 0.492. The van der Waals surface area contributed by atoms with Crippen molar-refractivity contribution >= 4 is 39.2 Å². The second-order valence-electron chi connectivity index (χ2n) is 5.34. The zero-order chi connectivity index (χ0) is 17.8. The van der Waals surface area contributed by atoms with Gasteiger partial charge in [0.1, 0.15) is 5.75 Å². The Hall–Kier alpha value is -1.18. The number of amides is 1. The lowest BCUT2D eigenvalue weighted by Crippen LogP contribution is -2.39. The number of thiocarbonyl (C=S) groups is 1. The molecule has 0 atom stereocenters. The van der Waals surface area contributed by atoms with Crippen LogP contribution in [0.15, 0.2) is 22.7 Å². The summed E-state index contributed by atoms with van der Waals surface area (Å²) in [6, 6.07) is 5.20. The standard InChI is InChI=1S/C17H25BrN2O3S/c1-2-3-4-5-11-23-15-8-7-13(12-14(15)18)16(22)20-17(24)19-9-6-10-21/h7-8,12,21H,2-6,9-11H2,1H3,(H2,19,20,22,24). The number of hydrogen-bond donors (Lipinski definition) is 3. The van der Waals surface area contributed by atoms with Gasteiger partial charge in [0, 0.05) is 18.7 Å². The Bertz CT molecular complexity index is 541. The van der Waals surface area contributed by atoms with Crippen molar-refractivity contribution < 1.29 is 14.6 Å². The number of hydrogen-bond acceptors (Lipinski definition) is 4. The Labute approximate surface area is 157 Å². The van der Waals surface area contributed by atoms with Gasteiger partial charge in [-0.05, 0) is 59.2 Å². The van der Waals surface area contributed by atoms with Crippen LogP contribution in [0, 0.1) is 0 Å². The summed E-state index contributed by atoms with van der Waals surface area (Å²) in [5, 5.41) is 14.4. The molecule has 0 aromatic heterocycles. The lowest BCUT2D eigenvalue weighted by atomic mass is 10.2. The van der Waals surface area contributed by atoms with E-state index < -0.39 is 0 Å². The molecule has 0 saturated carbocycles. The SMILES string of the molecule is CCCCCCOc1ccc(C(=O)NC(=S)NCCCO)cc1Br. The summed E-state index contributed by atoms with van der Waals surface area (Å²) in [4.78, 5) is 12.1. The normalized spacial score (nSPS) is 10.3. The van der Waals surface area contributed by atoms with Crippen LogP contribution in [0.2, 0.25) is 0 Å². The van der Waals surface area contributed by atoms with Gasteiger partial charge in [-0.1, -0.05) is 26.2 Å². The van der Waals surface area contributed by atoms with Crippen molar-refractivity contribution in [2.75, 3.05) is 19.8 Å². The minimum Gasteiger partial charge on any atom is -0.492 e. The number of carbonyl (C=O) groups is 1. The molecule has 3 N–H and O–H groups in total. The molecule has 0 fully saturated rings. The Balaban J connectivity index is 2.47. The van der Waals surface area contributed by atoms with Gasteiger partial charge in [0.05, 0.1) is 11.1 Å². The van der Waals surface area contributed by atoms with Crippen LogP contribution in [0.4, 0.5) is 0 Å². The summed E-state index contributed by atoms with van der Waals surface area (Å²) < 4.78 is 6.46. The van der Waals surface area contributed by atoms with Crippen LogP contribution in [0.1, 0.15) is 49.4 Å². The minimum atomic E-state index is -0.285. The van der Waals surface area contributed by atoms with E-state index in [2.05, 4.69) is 33.5 Å². The number of ether oxygens (including phenoxy) is 1. The van der Waals surface area contributed by atoms with E-state index in [9.17, 15) is 4.79 Å². The summed E-state index contributed by atoms with van der Waals surface area (Å²) in [7, 11) is 0. The molecule has 24 heavy (non-hydrogen) atoms. The maximum atomic E-state index is 12.1. The summed E-state index contributed by atoms with van der Waals surface area (Å²) in [6.07, 6.45) is 5.18. The topological polar surface area (TPSA) is 70.6 Å². The first-order valence-electron chi connectivity index (χ1n) is 8.20. The molecule has 1 aromatic carbocycles. The Kier molecular flexibility index (Phi) is 10.6. The van der Waals surface area contributed by atoms with Gasteiger partial charge >= 0.3 is 0 Å². The van der Waals surface area contributed by atoms with Gasteiger partial charge < -0.3 is 15.2 Å². The predicted molar refractivity (Wildman–Crippen MR) is 104 cm³/mol. The molecule has 0 aliphatic carbocycles. The van der Waals surface area contributed by atoms with Crippen molar-refractivity contribution in [2.45, 2.75) is 39.0 Å². The number of unbranched alkanes of at least 4 members (excludes halogenated alkanes) is 3. The lowest BCUT2D eigenvalue weighted by molar-refractivity contribution is 0.0976. The van der Waals surface area contributed by atoms with Gasteiger partial charge in [-0.25, -0.2) is 0 Å². The second-order valence-corrected chi connectivity index (χ2v) is 6.60. The molecule has 1 aromatic rings. The summed E-state index contributed by atoms with van der Waals surface area (Å²) in [6.45, 7) is 3.44. The highest BCUT2D eigenvalue weighted by Crippen LogP contribution is 2.26. The molecule has 0 spiro atoms. The molecule has 5 nitrogen and oxygen atoms in total. The zero-order valence-electron chi connectivity index (χ0n) is 13.9. The number of rotatable bonds is 10. The monoisotopic (exact) mass is 416 g/mol. The van der Waals surface area contributed by atoms with Crippen LogP contribution in [-0.4, -0.2) is 35.9 Å². The smallest absolute Gasteiger partial charge is 0.257 e. The fraction of sp³-hybridized carbons (Fsp3) is 0.529. The molecule has 0 saturated heterocycles. The number of carbonyl (C=O) groups excluding carboxylic acids is 1. The maximum absolute atomic E-state index is 12.1. The highest BCUT2D eigenvalue weighted by atomic mass is 79.9. The molecule has 134 valence electrons. The van der Waals surface area contributed by atoms with Gasteiger partial charge in [0.2, 0.25) is 0 Å². The number of halogens is 1. The summed E-state index contributed by atoms with van der Waals surface area (Å²) in [5.74, 6) is 0.443. The van der Waals surface area contributed by atoms with Gasteiger partial charge in [-0.15, -0.1) is 0 Å². The van der Waals surface area contributed by atoms with E-state index in [1.165, 1.54) is 12.8 Å². The number of benzene rings is 1. The summed E-state index contributed by atoms with van der Waals surface area (Å²) >= 11 is 8.47. The highest BCUT2D eigenvalue weighted by molar-refractivity contribution is 9.10. The number of nitrogens with one attached hydrogen (secondary N) is 2. The van der Waals surface area contributed by atoms with Crippen molar-refractivity contribution in [1.82, 2.24) is 10.6 Å². The highest BCUT2D eigenvalue weighted by Gasteiger charge is 2.10. The van der Waals surface area contributed by atoms with Crippen LogP contribution in [-0.2, 0) is 0 Å². The van der Waals surface area contributed by atoms with E-state index in [1.807, 2.05) is 0 Å². The van der Waals surface area contributed by atoms with Crippen molar-refractivity contribution in [3.8, 4) is 5.75 Å². The molecule has 0 aliphatic rings. The third kappa shape index (κ3) is 8.08. The van der Waals surface area contributed by atoms with E-state index in [0.29, 0.717) is 25.1 Å². The quantitative estimate of drug-likeness (QED) is 0.402. The minimum absolute atomic E-state index is 0.0798. The molecule has 0 unspecified atom stereocenters. The van der Waals surface area contributed by atoms with Gasteiger partial charge in [0.25, 0.3) is 5.91 Å². The van der Waals surface area contributed by atoms with Gasteiger partial charge in [-0.2, -0.15) is 0 Å². The maximum Gasteiger partial charge on any atom is 0.257 e. The van der Waals surface area contributed by atoms with E-state index in [0.717, 1.165) is 23.1 Å². The van der Waals surface area contributed by atoms with Gasteiger partial charge in [0.15, 0.2) is 5.11 Å². The zero-order valence-corrected chi connectivity index (χ0v) is 16.3. The molecular weight excluding hydrogens is 392 g/mol. The molecule has 0 bridgehead atoms.